The van der Waals surface area contributed by atoms with Crippen molar-refractivity contribution in [1.29, 1.82) is 0 Å². The van der Waals surface area contributed by atoms with Crippen LogP contribution >= 0.6 is 0 Å². The van der Waals surface area contributed by atoms with Crippen LogP contribution in [0.25, 0.3) is 0 Å². The summed E-state index contributed by atoms with van der Waals surface area (Å²) in [7, 11) is 3.02. The predicted octanol–water partition coefficient (Wildman–Crippen LogP) is 0.235. The molecule has 8 heteroatoms. The van der Waals surface area contributed by atoms with Crippen LogP contribution in [0.3, 0.4) is 0 Å². The van der Waals surface area contributed by atoms with Gasteiger partial charge in [0.05, 0.1) is 19.8 Å². The molecule has 2 rings (SSSR count). The Morgan fingerprint density at radius 2 is 2.18 bits per heavy atom. The number of aliphatic carboxylic acids is 1. The summed E-state index contributed by atoms with van der Waals surface area (Å²) in [5.41, 5.74) is -1.07. The molecule has 1 fully saturated rings. The molecule has 0 spiro atoms. The summed E-state index contributed by atoms with van der Waals surface area (Å²) < 4.78 is 11.6. The summed E-state index contributed by atoms with van der Waals surface area (Å²) in [6.07, 6.45) is 2.69. The standard InChI is InChI=1S/C14H21N3O5/c1-21-9-8-16-7-4-11(15-16)12(18)17-6-3-5-14(17,10-22-2)13(19)20/h4,7H,3,5-6,8-10H2,1-2H3,(H,19,20). The molecule has 1 aromatic rings. The molecule has 0 aliphatic carbocycles. The van der Waals surface area contributed by atoms with Gasteiger partial charge in [-0.2, -0.15) is 5.10 Å². The fourth-order valence-electron chi connectivity index (χ4n) is 2.77. The minimum absolute atomic E-state index is 0.0293. The Kier molecular flexibility index (Phi) is 5.15. The molecule has 122 valence electrons. The topological polar surface area (TPSA) is 93.9 Å². The van der Waals surface area contributed by atoms with Gasteiger partial charge in [-0.15, -0.1) is 0 Å². The second-order valence-electron chi connectivity index (χ2n) is 5.29. The molecule has 0 bridgehead atoms. The van der Waals surface area contributed by atoms with Crippen molar-refractivity contribution in [2.75, 3.05) is 34.0 Å². The first-order valence-corrected chi connectivity index (χ1v) is 7.12. The number of likely N-dealkylation sites (tertiary alicyclic amines) is 1. The zero-order valence-electron chi connectivity index (χ0n) is 12.8. The van der Waals surface area contributed by atoms with E-state index < -0.39 is 11.5 Å². The van der Waals surface area contributed by atoms with Crippen molar-refractivity contribution in [3.8, 4) is 0 Å². The van der Waals surface area contributed by atoms with Crippen molar-refractivity contribution >= 4 is 11.9 Å². The highest BCUT2D eigenvalue weighted by molar-refractivity contribution is 5.97. The van der Waals surface area contributed by atoms with Gasteiger partial charge in [-0.25, -0.2) is 4.79 Å². The lowest BCUT2D eigenvalue weighted by Crippen LogP contribution is -2.56. The zero-order valence-corrected chi connectivity index (χ0v) is 12.8. The molecular formula is C14H21N3O5. The minimum Gasteiger partial charge on any atom is -0.479 e. The Bertz CT molecular complexity index is 544. The molecule has 0 saturated carbocycles. The highest BCUT2D eigenvalue weighted by atomic mass is 16.5. The summed E-state index contributed by atoms with van der Waals surface area (Å²) in [6, 6.07) is 1.59. The summed E-state index contributed by atoms with van der Waals surface area (Å²) in [5, 5.41) is 13.8. The van der Waals surface area contributed by atoms with E-state index in [1.165, 1.54) is 12.0 Å². The second kappa shape index (κ2) is 6.89. The lowest BCUT2D eigenvalue weighted by Gasteiger charge is -2.33. The Hall–Kier alpha value is -1.93. The van der Waals surface area contributed by atoms with Crippen molar-refractivity contribution in [3.63, 3.8) is 0 Å². The zero-order chi connectivity index (χ0) is 16.2. The molecule has 22 heavy (non-hydrogen) atoms. The average molecular weight is 311 g/mol. The normalized spacial score (nSPS) is 21.3. The molecular weight excluding hydrogens is 290 g/mol. The van der Waals surface area contributed by atoms with Crippen LogP contribution in [-0.4, -0.2) is 71.2 Å². The van der Waals surface area contributed by atoms with Gasteiger partial charge in [-0.3, -0.25) is 9.48 Å². The predicted molar refractivity (Wildman–Crippen MR) is 76.6 cm³/mol. The lowest BCUT2D eigenvalue weighted by atomic mass is 9.97. The number of methoxy groups -OCH3 is 2. The number of ether oxygens (including phenoxy) is 2. The first kappa shape index (κ1) is 16.4. The van der Waals surface area contributed by atoms with E-state index >= 15 is 0 Å². The van der Waals surface area contributed by atoms with Gasteiger partial charge in [0.1, 0.15) is 5.69 Å². The van der Waals surface area contributed by atoms with Crippen LogP contribution in [0.15, 0.2) is 12.3 Å². The molecule has 1 N–H and O–H groups in total. The number of carboxylic acids is 1. The number of rotatable bonds is 7. The van der Waals surface area contributed by atoms with E-state index in [0.29, 0.717) is 32.5 Å². The van der Waals surface area contributed by atoms with Gasteiger partial charge >= 0.3 is 5.97 Å². The highest BCUT2D eigenvalue weighted by Gasteiger charge is 2.50. The SMILES string of the molecule is COCCn1ccc(C(=O)N2CCCC2(COC)C(=O)O)n1. The quantitative estimate of drug-likeness (QED) is 0.775. The van der Waals surface area contributed by atoms with Crippen LogP contribution in [0.5, 0.6) is 0 Å². The van der Waals surface area contributed by atoms with Crippen LogP contribution in [0.1, 0.15) is 23.3 Å². The first-order valence-electron chi connectivity index (χ1n) is 7.12. The van der Waals surface area contributed by atoms with Gasteiger partial charge in [-0.1, -0.05) is 0 Å². The van der Waals surface area contributed by atoms with E-state index in [1.54, 1.807) is 24.1 Å². The third-order valence-corrected chi connectivity index (χ3v) is 3.90. The summed E-state index contributed by atoms with van der Waals surface area (Å²) in [5.74, 6) is -1.42. The van der Waals surface area contributed by atoms with Gasteiger partial charge < -0.3 is 19.5 Å². The molecule has 1 saturated heterocycles. The second-order valence-corrected chi connectivity index (χ2v) is 5.29. The number of amides is 1. The van der Waals surface area contributed by atoms with Gasteiger partial charge in [0, 0.05) is 27.0 Å². The summed E-state index contributed by atoms with van der Waals surface area (Å²) in [6.45, 7) is 1.38. The van der Waals surface area contributed by atoms with E-state index in [2.05, 4.69) is 5.10 Å². The van der Waals surface area contributed by atoms with E-state index in [0.717, 1.165) is 0 Å². The fourth-order valence-corrected chi connectivity index (χ4v) is 2.77. The maximum Gasteiger partial charge on any atom is 0.332 e. The van der Waals surface area contributed by atoms with Crippen molar-refractivity contribution in [2.24, 2.45) is 0 Å². The van der Waals surface area contributed by atoms with Gasteiger partial charge in [0.2, 0.25) is 0 Å². The fraction of sp³-hybridized carbons (Fsp3) is 0.643. The number of hydrogen-bond donors (Lipinski definition) is 1. The molecule has 1 aromatic heterocycles. The average Bonchev–Trinajstić information content (AvgIpc) is 3.12. The molecule has 2 heterocycles. The van der Waals surface area contributed by atoms with Gasteiger partial charge in [-0.05, 0) is 18.9 Å². The van der Waals surface area contributed by atoms with Crippen LogP contribution in [0.4, 0.5) is 0 Å². The maximum absolute atomic E-state index is 12.6. The number of nitrogens with zero attached hydrogens (tertiary/aromatic N) is 3. The molecule has 1 unspecified atom stereocenters. The largest absolute Gasteiger partial charge is 0.479 e. The van der Waals surface area contributed by atoms with Crippen molar-refractivity contribution in [3.05, 3.63) is 18.0 Å². The Balaban J connectivity index is 2.20. The van der Waals surface area contributed by atoms with E-state index in [-0.39, 0.29) is 18.2 Å². The number of aromatic nitrogens is 2. The monoisotopic (exact) mass is 311 g/mol. The third-order valence-electron chi connectivity index (χ3n) is 3.90. The number of carbonyl (C=O) groups is 2. The van der Waals surface area contributed by atoms with Crippen LogP contribution in [0.2, 0.25) is 0 Å². The van der Waals surface area contributed by atoms with Gasteiger partial charge in [0.15, 0.2) is 5.54 Å². The molecule has 1 aliphatic heterocycles. The first-order chi connectivity index (χ1) is 10.5. The van der Waals surface area contributed by atoms with Crippen LogP contribution in [0, 0.1) is 0 Å². The number of hydrogen-bond acceptors (Lipinski definition) is 5. The minimum atomic E-state index is -1.30. The molecule has 1 aliphatic rings. The van der Waals surface area contributed by atoms with E-state index in [1.807, 2.05) is 0 Å². The number of carbonyl (C=O) groups excluding carboxylic acids is 1. The molecule has 1 amide bonds. The van der Waals surface area contributed by atoms with Gasteiger partial charge in [0.25, 0.3) is 5.91 Å². The van der Waals surface area contributed by atoms with E-state index in [9.17, 15) is 14.7 Å². The molecule has 1 atom stereocenters. The molecule has 0 aromatic carbocycles. The van der Waals surface area contributed by atoms with Crippen molar-refractivity contribution < 1.29 is 24.2 Å². The molecule has 0 radical (unpaired) electrons. The van der Waals surface area contributed by atoms with Crippen LogP contribution < -0.4 is 0 Å². The van der Waals surface area contributed by atoms with E-state index in [4.69, 9.17) is 9.47 Å². The summed E-state index contributed by atoms with van der Waals surface area (Å²) >= 11 is 0. The van der Waals surface area contributed by atoms with Crippen LogP contribution in [-0.2, 0) is 20.8 Å². The Morgan fingerprint density at radius 1 is 1.41 bits per heavy atom. The maximum atomic E-state index is 12.6. The lowest BCUT2D eigenvalue weighted by molar-refractivity contribution is -0.151. The smallest absolute Gasteiger partial charge is 0.332 e. The highest BCUT2D eigenvalue weighted by Crippen LogP contribution is 2.31. The Labute approximate surface area is 128 Å². The Morgan fingerprint density at radius 3 is 2.82 bits per heavy atom. The molecule has 8 nitrogen and oxygen atoms in total. The third kappa shape index (κ3) is 2.97. The van der Waals surface area contributed by atoms with Crippen molar-refractivity contribution in [1.82, 2.24) is 14.7 Å². The summed E-state index contributed by atoms with van der Waals surface area (Å²) in [4.78, 5) is 25.7. The van der Waals surface area contributed by atoms with Crippen molar-refractivity contribution in [2.45, 2.75) is 24.9 Å². The number of carboxylic acid groups (broad SMARTS) is 1.